The lowest BCUT2D eigenvalue weighted by atomic mass is 9.74. The molecule has 4 bridgehead atoms. The molecular weight excluding hydrogens is 500 g/mol. The molecule has 0 aromatic carbocycles. The summed E-state index contributed by atoms with van der Waals surface area (Å²) in [4.78, 5) is 23.8. The van der Waals surface area contributed by atoms with E-state index < -0.39 is 46.9 Å². The average Bonchev–Trinajstić information content (AvgIpc) is 3.48. The van der Waals surface area contributed by atoms with Gasteiger partial charge in [-0.25, -0.2) is 4.79 Å². The molecule has 13 heteroatoms. The van der Waals surface area contributed by atoms with Crippen molar-refractivity contribution in [3.05, 3.63) is 23.3 Å². The van der Waals surface area contributed by atoms with E-state index in [0.29, 0.717) is 24.7 Å². The molecule has 196 valence electrons. The van der Waals surface area contributed by atoms with Gasteiger partial charge in [0.2, 0.25) is 0 Å². The van der Waals surface area contributed by atoms with Crippen LogP contribution in [0.4, 0.5) is 17.6 Å². The van der Waals surface area contributed by atoms with Gasteiger partial charge in [-0.1, -0.05) is 17.7 Å². The molecule has 0 aromatic rings. The topological polar surface area (TPSA) is 116 Å². The Labute approximate surface area is 199 Å². The summed E-state index contributed by atoms with van der Waals surface area (Å²) in [5.41, 5.74) is 2.37. The average molecular weight is 527 g/mol. The molecule has 0 heterocycles. The van der Waals surface area contributed by atoms with Gasteiger partial charge in [0.1, 0.15) is 12.2 Å². The van der Waals surface area contributed by atoms with Crippen molar-refractivity contribution in [2.24, 2.45) is 23.7 Å². The first-order chi connectivity index (χ1) is 16.1. The van der Waals surface area contributed by atoms with E-state index >= 15 is 0 Å². The number of hydrogen-bond donors (Lipinski definition) is 1. The smallest absolute Gasteiger partial charge is 0.431 e. The molecule has 4 aliphatic rings. The van der Waals surface area contributed by atoms with Crippen LogP contribution in [0.5, 0.6) is 0 Å². The minimum atomic E-state index is -6.32. The summed E-state index contributed by atoms with van der Waals surface area (Å²) in [6, 6.07) is 0. The lowest BCUT2D eigenvalue weighted by Crippen LogP contribution is -2.47. The molecule has 0 amide bonds. The number of esters is 2. The maximum Gasteiger partial charge on any atom is 0.431 e. The molecule has 6 unspecified atom stereocenters. The molecule has 1 N–H and O–H groups in total. The molecule has 6 atom stereocenters. The number of ether oxygens (including phenoxy) is 3. The second-order valence-corrected chi connectivity index (χ2v) is 11.2. The highest BCUT2D eigenvalue weighted by molar-refractivity contribution is 7.87. The van der Waals surface area contributed by atoms with Crippen LogP contribution in [0, 0.1) is 23.7 Å². The number of rotatable bonds is 10. The third-order valence-corrected chi connectivity index (χ3v) is 8.48. The van der Waals surface area contributed by atoms with E-state index in [1.165, 1.54) is 18.1 Å². The van der Waals surface area contributed by atoms with Gasteiger partial charge in [-0.15, -0.1) is 0 Å². The summed E-state index contributed by atoms with van der Waals surface area (Å²) in [5.74, 6) is -5.18. The fraction of sp³-hybridized carbons (Fsp3) is 0.727. The molecule has 8 nitrogen and oxygen atoms in total. The van der Waals surface area contributed by atoms with Crippen LogP contribution in [0.1, 0.15) is 39.0 Å². The fourth-order valence-corrected chi connectivity index (χ4v) is 6.69. The van der Waals surface area contributed by atoms with E-state index in [0.717, 1.165) is 12.8 Å². The van der Waals surface area contributed by atoms with E-state index in [4.69, 9.17) is 18.8 Å². The quantitative estimate of drug-likeness (QED) is 0.115. The predicted molar refractivity (Wildman–Crippen MR) is 111 cm³/mol. The molecule has 4 aliphatic carbocycles. The SMILES string of the molecule is C=C(COCCC(F)(F)C(F)(F)S(=O)(=O)O)C(=O)OC1CC2CC1C1=C3CC(OC(C)=O)C(C3)C12. The number of fused-ring (bicyclic) bond motifs is 8. The van der Waals surface area contributed by atoms with Crippen LogP contribution in [0.15, 0.2) is 23.3 Å². The van der Waals surface area contributed by atoms with Crippen molar-refractivity contribution < 1.29 is 54.3 Å². The van der Waals surface area contributed by atoms with Gasteiger partial charge < -0.3 is 14.2 Å². The van der Waals surface area contributed by atoms with Gasteiger partial charge in [0, 0.05) is 31.6 Å². The van der Waals surface area contributed by atoms with Crippen LogP contribution in [0.2, 0.25) is 0 Å². The van der Waals surface area contributed by atoms with Crippen LogP contribution in [-0.4, -0.2) is 61.5 Å². The Balaban J connectivity index is 1.26. The lowest BCUT2D eigenvalue weighted by Gasteiger charge is -2.36. The van der Waals surface area contributed by atoms with Crippen molar-refractivity contribution in [3.8, 4) is 0 Å². The molecule has 0 radical (unpaired) electrons. The zero-order chi connectivity index (χ0) is 25.9. The lowest BCUT2D eigenvalue weighted by molar-refractivity contribution is -0.170. The molecular formula is C22H26F4O8S. The number of carbonyl (C=O) groups is 2. The summed E-state index contributed by atoms with van der Waals surface area (Å²) < 4.78 is 98.5. The Hall–Kier alpha value is -1.99. The molecule has 0 spiro atoms. The van der Waals surface area contributed by atoms with Gasteiger partial charge in [0.05, 0.1) is 18.8 Å². The van der Waals surface area contributed by atoms with Gasteiger partial charge in [-0.3, -0.25) is 9.35 Å². The highest BCUT2D eigenvalue weighted by Crippen LogP contribution is 2.65. The molecule has 0 aliphatic heterocycles. The molecule has 35 heavy (non-hydrogen) atoms. The first kappa shape index (κ1) is 26.1. The minimum absolute atomic E-state index is 0.0716. The summed E-state index contributed by atoms with van der Waals surface area (Å²) in [7, 11) is -6.32. The first-order valence-corrected chi connectivity index (χ1v) is 12.7. The highest BCUT2D eigenvalue weighted by Gasteiger charge is 2.65. The van der Waals surface area contributed by atoms with Crippen LogP contribution < -0.4 is 0 Å². The van der Waals surface area contributed by atoms with Gasteiger partial charge in [0.25, 0.3) is 0 Å². The van der Waals surface area contributed by atoms with Crippen LogP contribution in [0.3, 0.4) is 0 Å². The highest BCUT2D eigenvalue weighted by atomic mass is 32.2. The first-order valence-electron chi connectivity index (χ1n) is 11.2. The number of hydrogen-bond acceptors (Lipinski definition) is 7. The molecule has 0 aromatic heterocycles. The van der Waals surface area contributed by atoms with Crippen molar-refractivity contribution in [1.29, 1.82) is 0 Å². The third-order valence-electron chi connectivity index (χ3n) is 7.53. The molecule has 3 saturated carbocycles. The number of carbonyl (C=O) groups excluding carboxylic acids is 2. The zero-order valence-corrected chi connectivity index (χ0v) is 19.7. The summed E-state index contributed by atoms with van der Waals surface area (Å²) in [5, 5.41) is -5.67. The van der Waals surface area contributed by atoms with E-state index in [1.54, 1.807) is 0 Å². The maximum atomic E-state index is 13.5. The van der Waals surface area contributed by atoms with Crippen LogP contribution in [-0.2, 0) is 33.9 Å². The van der Waals surface area contributed by atoms with Gasteiger partial charge in [-0.2, -0.15) is 26.0 Å². The predicted octanol–water partition coefficient (Wildman–Crippen LogP) is 3.28. The minimum Gasteiger partial charge on any atom is -0.462 e. The zero-order valence-electron chi connectivity index (χ0n) is 18.8. The summed E-state index contributed by atoms with van der Waals surface area (Å²) in [6.07, 6.45) is 0.916. The molecule has 3 fully saturated rings. The van der Waals surface area contributed by atoms with E-state index in [2.05, 4.69) is 6.58 Å². The van der Waals surface area contributed by atoms with Gasteiger partial charge in [0.15, 0.2) is 0 Å². The van der Waals surface area contributed by atoms with Crippen molar-refractivity contribution >= 4 is 22.1 Å². The summed E-state index contributed by atoms with van der Waals surface area (Å²) >= 11 is 0. The molecule has 4 rings (SSSR count). The van der Waals surface area contributed by atoms with Crippen molar-refractivity contribution in [2.75, 3.05) is 13.2 Å². The standard InChI is InChI=1S/C22H26F4O8S/c1-10(9-32-4-3-21(23,24)22(25,26)35(29,30)31)20(28)34-17-8-13-6-15(17)19-12-5-14(18(13)19)16(7-12)33-11(2)27/h13-18H,1,3-9H2,2H3,(H,29,30,31). The second kappa shape index (κ2) is 8.84. The van der Waals surface area contributed by atoms with Crippen LogP contribution >= 0.6 is 0 Å². The second-order valence-electron chi connectivity index (χ2n) is 9.69. The van der Waals surface area contributed by atoms with E-state index in [1.807, 2.05) is 0 Å². The van der Waals surface area contributed by atoms with E-state index in [9.17, 15) is 35.6 Å². The van der Waals surface area contributed by atoms with Gasteiger partial charge >= 0.3 is 33.2 Å². The number of alkyl halides is 4. The summed E-state index contributed by atoms with van der Waals surface area (Å²) in [6.45, 7) is 3.30. The van der Waals surface area contributed by atoms with Crippen molar-refractivity contribution in [2.45, 2.75) is 62.4 Å². The Morgan fingerprint density at radius 2 is 1.80 bits per heavy atom. The Morgan fingerprint density at radius 1 is 1.11 bits per heavy atom. The normalized spacial score (nSPS) is 31.6. The Bertz CT molecular complexity index is 1070. The van der Waals surface area contributed by atoms with Crippen molar-refractivity contribution in [1.82, 2.24) is 0 Å². The third kappa shape index (κ3) is 4.50. The van der Waals surface area contributed by atoms with E-state index in [-0.39, 0.29) is 35.6 Å². The van der Waals surface area contributed by atoms with Crippen LogP contribution in [0.25, 0.3) is 0 Å². The maximum absolute atomic E-state index is 13.5. The van der Waals surface area contributed by atoms with Crippen molar-refractivity contribution in [3.63, 3.8) is 0 Å². The monoisotopic (exact) mass is 526 g/mol. The largest absolute Gasteiger partial charge is 0.462 e. The van der Waals surface area contributed by atoms with Gasteiger partial charge in [-0.05, 0) is 31.1 Å². The fourth-order valence-electron chi connectivity index (χ4n) is 6.21. The number of halogens is 4. The molecule has 0 saturated heterocycles. The Morgan fingerprint density at radius 3 is 2.43 bits per heavy atom. The Kier molecular flexibility index (Phi) is 6.59.